The smallest absolute Gasteiger partial charge is 0.332 e. The molecule has 29 heavy (non-hydrogen) atoms. The maximum Gasteiger partial charge on any atom is 0.332 e. The fourth-order valence-corrected chi connectivity index (χ4v) is 4.64. The zero-order chi connectivity index (χ0) is 20.7. The van der Waals surface area contributed by atoms with Crippen LogP contribution in [0.1, 0.15) is 30.3 Å². The van der Waals surface area contributed by atoms with Gasteiger partial charge in [-0.3, -0.25) is 18.7 Å². The van der Waals surface area contributed by atoms with Crippen molar-refractivity contribution in [2.75, 3.05) is 18.0 Å². The lowest BCUT2D eigenvalue weighted by Crippen LogP contribution is -2.38. The number of thiazole rings is 1. The van der Waals surface area contributed by atoms with E-state index in [0.717, 1.165) is 29.1 Å². The highest BCUT2D eigenvalue weighted by Crippen LogP contribution is 2.23. The van der Waals surface area contributed by atoms with Crippen molar-refractivity contribution >= 4 is 33.4 Å². The number of amides is 1. The summed E-state index contributed by atoms with van der Waals surface area (Å²) in [4.78, 5) is 44.6. The van der Waals surface area contributed by atoms with Gasteiger partial charge in [0.25, 0.3) is 11.5 Å². The predicted octanol–water partition coefficient (Wildman–Crippen LogP) is 0.914. The summed E-state index contributed by atoms with van der Waals surface area (Å²) in [5.74, 6) is -0.227. The van der Waals surface area contributed by atoms with Crippen LogP contribution in [0.5, 0.6) is 0 Å². The molecule has 3 aromatic rings. The van der Waals surface area contributed by atoms with Crippen LogP contribution in [-0.2, 0) is 20.6 Å². The number of rotatable bonds is 5. The number of fused-ring (bicyclic) bond motifs is 1. The van der Waals surface area contributed by atoms with Crippen molar-refractivity contribution < 1.29 is 4.79 Å². The van der Waals surface area contributed by atoms with Gasteiger partial charge in [-0.2, -0.15) is 0 Å². The molecule has 0 aliphatic carbocycles. The van der Waals surface area contributed by atoms with E-state index in [1.165, 1.54) is 11.6 Å². The van der Waals surface area contributed by atoms with E-state index < -0.39 is 5.69 Å². The molecule has 1 amide bonds. The van der Waals surface area contributed by atoms with E-state index in [4.69, 9.17) is 0 Å². The maximum absolute atomic E-state index is 13.1. The number of anilines is 1. The van der Waals surface area contributed by atoms with Crippen LogP contribution in [0.2, 0.25) is 0 Å². The van der Waals surface area contributed by atoms with E-state index in [-0.39, 0.29) is 17.5 Å². The molecule has 3 aromatic heterocycles. The minimum atomic E-state index is -0.403. The van der Waals surface area contributed by atoms with Crippen LogP contribution in [0.25, 0.3) is 11.0 Å². The molecule has 1 atom stereocenters. The molecule has 1 unspecified atom stereocenters. The minimum Gasteiger partial charge on any atom is -0.346 e. The second kappa shape index (κ2) is 7.51. The summed E-state index contributed by atoms with van der Waals surface area (Å²) < 4.78 is 4.28. The average Bonchev–Trinajstić information content (AvgIpc) is 3.44. The molecule has 1 aliphatic rings. The molecule has 0 spiro atoms. The van der Waals surface area contributed by atoms with Gasteiger partial charge in [-0.05, 0) is 18.9 Å². The van der Waals surface area contributed by atoms with E-state index >= 15 is 0 Å². The first-order valence-corrected chi connectivity index (χ1v) is 10.5. The average molecular weight is 417 g/mol. The Morgan fingerprint density at radius 2 is 2.10 bits per heavy atom. The molecule has 10 heteroatoms. The van der Waals surface area contributed by atoms with Crippen LogP contribution < -0.4 is 21.5 Å². The second-order valence-corrected chi connectivity index (χ2v) is 8.22. The Hall–Kier alpha value is -2.88. The highest BCUT2D eigenvalue weighted by atomic mass is 32.1. The molecule has 4 heterocycles. The summed E-state index contributed by atoms with van der Waals surface area (Å²) in [5.41, 5.74) is 0.108. The lowest BCUT2D eigenvalue weighted by molar-refractivity contribution is 0.0931. The largest absolute Gasteiger partial charge is 0.346 e. The van der Waals surface area contributed by atoms with Crippen LogP contribution >= 0.6 is 11.3 Å². The molecule has 0 bridgehead atoms. The molecule has 4 rings (SSSR count). The van der Waals surface area contributed by atoms with Gasteiger partial charge in [-0.15, -0.1) is 11.3 Å². The summed E-state index contributed by atoms with van der Waals surface area (Å²) in [7, 11) is 3.08. The Balaban J connectivity index is 1.66. The Morgan fingerprint density at radius 3 is 2.79 bits per heavy atom. The third kappa shape index (κ3) is 3.27. The molecular weight excluding hydrogens is 392 g/mol. The first kappa shape index (κ1) is 19.4. The van der Waals surface area contributed by atoms with Crippen LogP contribution in [0.4, 0.5) is 5.13 Å². The normalized spacial score (nSPS) is 16.7. The first-order valence-electron chi connectivity index (χ1n) is 9.67. The molecule has 1 aliphatic heterocycles. The quantitative estimate of drug-likeness (QED) is 0.667. The number of aromatic nitrogens is 4. The zero-order valence-corrected chi connectivity index (χ0v) is 17.5. The summed E-state index contributed by atoms with van der Waals surface area (Å²) >= 11 is 1.58. The summed E-state index contributed by atoms with van der Waals surface area (Å²) in [6.45, 7) is 4.08. The number of nitrogens with one attached hydrogen (secondary N) is 1. The highest BCUT2D eigenvalue weighted by Gasteiger charge is 2.27. The number of hydrogen-bond acceptors (Lipinski definition) is 6. The van der Waals surface area contributed by atoms with Gasteiger partial charge in [0.15, 0.2) is 5.13 Å². The number of aryl methyl sites for hydroxylation is 2. The Bertz CT molecular complexity index is 1170. The van der Waals surface area contributed by atoms with Gasteiger partial charge >= 0.3 is 5.69 Å². The van der Waals surface area contributed by atoms with Gasteiger partial charge in [-0.1, -0.05) is 6.92 Å². The van der Waals surface area contributed by atoms with E-state index in [9.17, 15) is 14.4 Å². The molecule has 154 valence electrons. The van der Waals surface area contributed by atoms with Crippen molar-refractivity contribution in [1.82, 2.24) is 24.0 Å². The maximum atomic E-state index is 13.1. The van der Waals surface area contributed by atoms with E-state index in [1.807, 2.05) is 12.3 Å². The van der Waals surface area contributed by atoms with Crippen LogP contribution in [-0.4, -0.2) is 43.7 Å². The van der Waals surface area contributed by atoms with Crippen molar-refractivity contribution in [2.45, 2.75) is 32.4 Å². The van der Waals surface area contributed by atoms with Gasteiger partial charge in [-0.25, -0.2) is 9.78 Å². The number of carbonyl (C=O) groups excluding carboxylic acids is 1. The summed E-state index contributed by atoms with van der Waals surface area (Å²) in [5, 5.41) is 6.37. The standard InChI is InChI=1S/C19H24N6O3S/c1-4-7-25-14(10-13-16(25)22(2)19(28)23(3)17(13)27)15(26)21-12-5-8-24(11-12)18-20-6-9-29-18/h6,9-10,12H,4-5,7-8,11H2,1-3H3,(H,21,26). The minimum absolute atomic E-state index is 0.00569. The van der Waals surface area contributed by atoms with E-state index in [2.05, 4.69) is 15.2 Å². The zero-order valence-electron chi connectivity index (χ0n) is 16.7. The van der Waals surface area contributed by atoms with Crippen molar-refractivity contribution in [3.05, 3.63) is 44.2 Å². The van der Waals surface area contributed by atoms with E-state index in [0.29, 0.717) is 29.8 Å². The Labute approximate surface area is 171 Å². The van der Waals surface area contributed by atoms with Gasteiger partial charge in [0, 0.05) is 51.3 Å². The predicted molar refractivity (Wildman–Crippen MR) is 113 cm³/mol. The molecule has 1 saturated heterocycles. The van der Waals surface area contributed by atoms with Crippen LogP contribution in [0.15, 0.2) is 27.2 Å². The molecule has 0 aromatic carbocycles. The van der Waals surface area contributed by atoms with Gasteiger partial charge in [0.1, 0.15) is 11.3 Å². The fourth-order valence-electron chi connectivity index (χ4n) is 3.96. The van der Waals surface area contributed by atoms with Gasteiger partial charge in [0.2, 0.25) is 0 Å². The Kier molecular flexibility index (Phi) is 5.03. The van der Waals surface area contributed by atoms with E-state index in [1.54, 1.807) is 35.2 Å². The van der Waals surface area contributed by atoms with Crippen LogP contribution in [0, 0.1) is 0 Å². The molecule has 0 saturated carbocycles. The highest BCUT2D eigenvalue weighted by molar-refractivity contribution is 7.13. The first-order chi connectivity index (χ1) is 13.9. The third-order valence-corrected chi connectivity index (χ3v) is 6.22. The van der Waals surface area contributed by atoms with Crippen molar-refractivity contribution in [3.8, 4) is 0 Å². The SMILES string of the molecule is CCCn1c(C(=O)NC2CCN(c3nccs3)C2)cc2c(=O)n(C)c(=O)n(C)c21. The van der Waals surface area contributed by atoms with Crippen molar-refractivity contribution in [3.63, 3.8) is 0 Å². The molecule has 1 fully saturated rings. The third-order valence-electron chi connectivity index (χ3n) is 5.39. The molecule has 9 nitrogen and oxygen atoms in total. The topological polar surface area (TPSA) is 94.2 Å². The number of nitrogens with zero attached hydrogens (tertiary/aromatic N) is 5. The van der Waals surface area contributed by atoms with Gasteiger partial charge < -0.3 is 14.8 Å². The number of carbonyl (C=O) groups is 1. The monoisotopic (exact) mass is 416 g/mol. The second-order valence-electron chi connectivity index (χ2n) is 7.34. The lowest BCUT2D eigenvalue weighted by Gasteiger charge is -2.17. The van der Waals surface area contributed by atoms with Gasteiger partial charge in [0.05, 0.1) is 5.39 Å². The van der Waals surface area contributed by atoms with Crippen molar-refractivity contribution in [1.29, 1.82) is 0 Å². The Morgan fingerprint density at radius 1 is 1.31 bits per heavy atom. The van der Waals surface area contributed by atoms with Crippen molar-refractivity contribution in [2.24, 2.45) is 14.1 Å². The summed E-state index contributed by atoms with van der Waals surface area (Å²) in [6.07, 6.45) is 3.38. The molecular formula is C19H24N6O3S. The molecule has 1 N–H and O–H groups in total. The lowest BCUT2D eigenvalue weighted by atomic mass is 10.2. The fraction of sp³-hybridized carbons (Fsp3) is 0.474. The number of hydrogen-bond donors (Lipinski definition) is 1. The summed E-state index contributed by atoms with van der Waals surface area (Å²) in [6, 6.07) is 1.61. The van der Waals surface area contributed by atoms with Crippen LogP contribution in [0.3, 0.4) is 0 Å². The molecule has 0 radical (unpaired) electrons.